The van der Waals surface area contributed by atoms with Crippen LogP contribution in [0.3, 0.4) is 0 Å². The molecule has 1 aliphatic carbocycles. The maximum Gasteiger partial charge on any atom is 0.253 e. The molecule has 3 heterocycles. The Morgan fingerprint density at radius 3 is 2.34 bits per heavy atom. The molecule has 1 saturated carbocycles. The summed E-state index contributed by atoms with van der Waals surface area (Å²) in [6.07, 6.45) is 4.47. The molecule has 0 bridgehead atoms. The fourth-order valence-corrected chi connectivity index (χ4v) is 5.85. The van der Waals surface area contributed by atoms with Crippen LogP contribution in [0.1, 0.15) is 49.2 Å². The van der Waals surface area contributed by atoms with E-state index in [9.17, 15) is 4.79 Å². The summed E-state index contributed by atoms with van der Waals surface area (Å²) >= 11 is 0. The largest absolute Gasteiger partial charge is 0.497 e. The molecule has 198 valence electrons. The molecule has 38 heavy (non-hydrogen) atoms. The molecule has 1 saturated heterocycles. The molecule has 10 nitrogen and oxygen atoms in total. The van der Waals surface area contributed by atoms with Gasteiger partial charge in [-0.25, -0.2) is 4.68 Å². The number of tetrazole rings is 1. The van der Waals surface area contributed by atoms with E-state index in [1.54, 1.807) is 14.2 Å². The summed E-state index contributed by atoms with van der Waals surface area (Å²) in [5.74, 6) is 2.30. The fourth-order valence-electron chi connectivity index (χ4n) is 5.85. The Morgan fingerprint density at radius 1 is 0.921 bits per heavy atom. The zero-order valence-corrected chi connectivity index (χ0v) is 21.8. The lowest BCUT2D eigenvalue weighted by molar-refractivity contribution is 0.197. The minimum Gasteiger partial charge on any atom is -0.497 e. The molecular weight excluding hydrogens is 482 g/mol. The average molecular weight is 516 g/mol. The number of nitrogens with one attached hydrogen (secondary N) is 1. The smallest absolute Gasteiger partial charge is 0.253 e. The number of H-pyrrole nitrogens is 1. The van der Waals surface area contributed by atoms with Crippen molar-refractivity contribution in [3.8, 4) is 11.5 Å². The first-order valence-corrected chi connectivity index (χ1v) is 13.3. The standard InChI is InChI=1S/C28H33N7O3/c1-37-22-11-8-20(9-12-22)33-13-15-34(16-14-33)26(27-30-31-32-35(27)21-5-3-4-6-21)24-17-19-7-10-23(38-2)18-25(19)29-28(24)36/h7-12,17-18,21,26H,3-6,13-16H2,1-2H3,(H,29,36)/t26-/m0/s1. The van der Waals surface area contributed by atoms with Gasteiger partial charge in [-0.1, -0.05) is 12.8 Å². The first kappa shape index (κ1) is 24.4. The van der Waals surface area contributed by atoms with Crippen molar-refractivity contribution in [1.82, 2.24) is 30.1 Å². The van der Waals surface area contributed by atoms with Crippen molar-refractivity contribution in [2.75, 3.05) is 45.3 Å². The van der Waals surface area contributed by atoms with E-state index in [0.29, 0.717) is 11.3 Å². The van der Waals surface area contributed by atoms with Crippen LogP contribution in [0.25, 0.3) is 10.9 Å². The molecule has 1 N–H and O–H groups in total. The number of nitrogens with zero attached hydrogens (tertiary/aromatic N) is 6. The Balaban J connectivity index is 1.36. The van der Waals surface area contributed by atoms with Gasteiger partial charge in [0.05, 0.1) is 25.8 Å². The van der Waals surface area contributed by atoms with Crippen LogP contribution in [0.5, 0.6) is 11.5 Å². The maximum atomic E-state index is 13.6. The summed E-state index contributed by atoms with van der Waals surface area (Å²) in [5.41, 5.74) is 2.44. The molecule has 6 rings (SSSR count). The first-order valence-electron chi connectivity index (χ1n) is 13.3. The van der Waals surface area contributed by atoms with Crippen molar-refractivity contribution in [2.45, 2.75) is 37.8 Å². The lowest BCUT2D eigenvalue weighted by Crippen LogP contribution is -2.49. The summed E-state index contributed by atoms with van der Waals surface area (Å²) in [7, 11) is 3.30. The van der Waals surface area contributed by atoms with Gasteiger partial charge in [-0.3, -0.25) is 9.69 Å². The number of rotatable bonds is 7. The molecule has 1 atom stereocenters. The van der Waals surface area contributed by atoms with Gasteiger partial charge >= 0.3 is 0 Å². The number of hydrogen-bond donors (Lipinski definition) is 1. The van der Waals surface area contributed by atoms with Gasteiger partial charge < -0.3 is 19.4 Å². The molecular formula is C28H33N7O3. The monoisotopic (exact) mass is 515 g/mol. The normalized spacial score (nSPS) is 17.7. The number of methoxy groups -OCH3 is 2. The number of benzene rings is 2. The van der Waals surface area contributed by atoms with Gasteiger partial charge in [0, 0.05) is 43.5 Å². The van der Waals surface area contributed by atoms with Gasteiger partial charge in [0.2, 0.25) is 0 Å². The van der Waals surface area contributed by atoms with E-state index in [1.807, 2.05) is 41.1 Å². The third-order valence-corrected chi connectivity index (χ3v) is 7.93. The predicted molar refractivity (Wildman–Crippen MR) is 145 cm³/mol. The summed E-state index contributed by atoms with van der Waals surface area (Å²) in [4.78, 5) is 21.4. The Kier molecular flexibility index (Phi) is 6.71. The van der Waals surface area contributed by atoms with E-state index in [4.69, 9.17) is 9.47 Å². The van der Waals surface area contributed by atoms with E-state index in [1.165, 1.54) is 12.8 Å². The predicted octanol–water partition coefficient (Wildman–Crippen LogP) is 3.56. The van der Waals surface area contributed by atoms with Crippen molar-refractivity contribution in [2.24, 2.45) is 0 Å². The van der Waals surface area contributed by atoms with Gasteiger partial charge in [-0.05, 0) is 71.1 Å². The number of hydrogen-bond acceptors (Lipinski definition) is 8. The van der Waals surface area contributed by atoms with Crippen LogP contribution in [-0.2, 0) is 0 Å². The Labute approximate surface area is 221 Å². The van der Waals surface area contributed by atoms with Crippen molar-refractivity contribution in [3.05, 3.63) is 70.3 Å². The topological polar surface area (TPSA) is 101 Å². The van der Waals surface area contributed by atoms with Crippen LogP contribution in [0.4, 0.5) is 5.69 Å². The third-order valence-electron chi connectivity index (χ3n) is 7.93. The van der Waals surface area contributed by atoms with E-state index in [2.05, 4.69) is 42.4 Å². The molecule has 10 heteroatoms. The summed E-state index contributed by atoms with van der Waals surface area (Å²) < 4.78 is 12.6. The van der Waals surface area contributed by atoms with Crippen molar-refractivity contribution < 1.29 is 9.47 Å². The lowest BCUT2D eigenvalue weighted by atomic mass is 10.0. The Hall–Kier alpha value is -3.92. The number of aromatic nitrogens is 5. The second-order valence-electron chi connectivity index (χ2n) is 10.1. The summed E-state index contributed by atoms with van der Waals surface area (Å²) in [6.45, 7) is 3.20. The van der Waals surface area contributed by atoms with Crippen molar-refractivity contribution in [3.63, 3.8) is 0 Å². The van der Waals surface area contributed by atoms with Crippen LogP contribution in [0.15, 0.2) is 53.3 Å². The SMILES string of the molecule is COc1ccc(N2CCN([C@@H](c3cc4ccc(OC)cc4[nH]c3=O)c3nnnn3C3CCCC3)CC2)cc1. The number of piperazine rings is 1. The zero-order valence-electron chi connectivity index (χ0n) is 21.8. The van der Waals surface area contributed by atoms with Crippen LogP contribution < -0.4 is 19.9 Å². The molecule has 2 aromatic heterocycles. The number of aromatic amines is 1. The van der Waals surface area contributed by atoms with Gasteiger partial charge in [-0.2, -0.15) is 0 Å². The molecule has 1 aliphatic heterocycles. The highest BCUT2D eigenvalue weighted by Gasteiger charge is 2.34. The minimum atomic E-state index is -0.348. The third kappa shape index (κ3) is 4.60. The number of pyridine rings is 1. The number of ether oxygens (including phenoxy) is 2. The van der Waals surface area contributed by atoms with Crippen molar-refractivity contribution >= 4 is 16.6 Å². The number of fused-ring (bicyclic) bond motifs is 1. The molecule has 2 fully saturated rings. The van der Waals surface area contributed by atoms with Gasteiger partial charge in [0.15, 0.2) is 5.82 Å². The average Bonchev–Trinajstić information content (AvgIpc) is 3.66. The van der Waals surface area contributed by atoms with Crippen LogP contribution in [-0.4, -0.2) is 70.5 Å². The van der Waals surface area contributed by atoms with Gasteiger partial charge in [-0.15, -0.1) is 5.10 Å². The quantitative estimate of drug-likeness (QED) is 0.399. The molecule has 0 spiro atoms. The highest BCUT2D eigenvalue weighted by atomic mass is 16.5. The second kappa shape index (κ2) is 10.4. The molecule has 2 aromatic carbocycles. The first-order chi connectivity index (χ1) is 18.6. The zero-order chi connectivity index (χ0) is 26.1. The fraction of sp³-hybridized carbons (Fsp3) is 0.429. The van der Waals surface area contributed by atoms with Gasteiger partial charge in [0.25, 0.3) is 5.56 Å². The maximum absolute atomic E-state index is 13.6. The van der Waals surface area contributed by atoms with Crippen LogP contribution in [0.2, 0.25) is 0 Å². The summed E-state index contributed by atoms with van der Waals surface area (Å²) in [6, 6.07) is 15.8. The Morgan fingerprint density at radius 2 is 1.63 bits per heavy atom. The molecule has 0 radical (unpaired) electrons. The van der Waals surface area contributed by atoms with E-state index in [0.717, 1.165) is 67.2 Å². The number of anilines is 1. The van der Waals surface area contributed by atoms with E-state index >= 15 is 0 Å². The lowest BCUT2D eigenvalue weighted by Gasteiger charge is -2.39. The van der Waals surface area contributed by atoms with Crippen LogP contribution in [0, 0.1) is 0 Å². The molecule has 0 unspecified atom stereocenters. The van der Waals surface area contributed by atoms with E-state index in [-0.39, 0.29) is 17.6 Å². The van der Waals surface area contributed by atoms with Gasteiger partial charge in [0.1, 0.15) is 17.5 Å². The summed E-state index contributed by atoms with van der Waals surface area (Å²) in [5, 5.41) is 14.0. The molecule has 4 aromatic rings. The molecule has 2 aliphatic rings. The highest BCUT2D eigenvalue weighted by Crippen LogP contribution is 2.34. The second-order valence-corrected chi connectivity index (χ2v) is 10.1. The molecule has 0 amide bonds. The minimum absolute atomic E-state index is 0.130. The van der Waals surface area contributed by atoms with E-state index < -0.39 is 0 Å². The highest BCUT2D eigenvalue weighted by molar-refractivity contribution is 5.80. The Bertz CT molecular complexity index is 1450. The van der Waals surface area contributed by atoms with Crippen molar-refractivity contribution in [1.29, 1.82) is 0 Å². The van der Waals surface area contributed by atoms with Crippen LogP contribution >= 0.6 is 0 Å².